The van der Waals surface area contributed by atoms with Crippen LogP contribution in [0, 0.1) is 5.92 Å². The number of hydrogen-bond donors (Lipinski definition) is 3. The molecule has 0 bridgehead atoms. The summed E-state index contributed by atoms with van der Waals surface area (Å²) in [6, 6.07) is 6.98. The molecule has 1 aromatic carbocycles. The lowest BCUT2D eigenvalue weighted by Gasteiger charge is -2.17. The van der Waals surface area contributed by atoms with Crippen LogP contribution in [0.25, 0.3) is 0 Å². The lowest BCUT2D eigenvalue weighted by atomic mass is 10.1. The maximum atomic E-state index is 12.3. The zero-order valence-corrected chi connectivity index (χ0v) is 17.8. The molecule has 0 radical (unpaired) electrons. The van der Waals surface area contributed by atoms with Crippen LogP contribution in [0.4, 0.5) is 4.79 Å². The predicted octanol–water partition coefficient (Wildman–Crippen LogP) is 1.95. The van der Waals surface area contributed by atoms with Gasteiger partial charge in [0.05, 0.1) is 0 Å². The molecule has 29 heavy (non-hydrogen) atoms. The molecule has 160 valence electrons. The van der Waals surface area contributed by atoms with Gasteiger partial charge in [-0.05, 0) is 42.9 Å². The van der Waals surface area contributed by atoms with Crippen molar-refractivity contribution in [2.24, 2.45) is 5.92 Å². The van der Waals surface area contributed by atoms with E-state index < -0.39 is 36.5 Å². The SMILES string of the molecule is CSCCC(NC(=O)c1ccccc1)C(=O)OCC(=O)NC(=O)NCCC(C)C. The fraction of sp³-hybridized carbons (Fsp3) is 0.500. The molecule has 9 heteroatoms. The predicted molar refractivity (Wildman–Crippen MR) is 113 cm³/mol. The highest BCUT2D eigenvalue weighted by Gasteiger charge is 2.23. The Hall–Kier alpha value is -2.55. The third-order valence-electron chi connectivity index (χ3n) is 3.84. The van der Waals surface area contributed by atoms with E-state index >= 15 is 0 Å². The van der Waals surface area contributed by atoms with Gasteiger partial charge >= 0.3 is 12.0 Å². The number of urea groups is 1. The third kappa shape index (κ3) is 10.5. The van der Waals surface area contributed by atoms with E-state index in [1.54, 1.807) is 30.3 Å². The van der Waals surface area contributed by atoms with E-state index in [4.69, 9.17) is 4.74 Å². The standard InChI is InChI=1S/C20H29N3O5S/c1-14(2)9-11-21-20(27)23-17(24)13-28-19(26)16(10-12-29-3)22-18(25)15-7-5-4-6-8-15/h4-8,14,16H,9-13H2,1-3H3,(H,22,25)(H2,21,23,24,27). The molecule has 1 aromatic rings. The fourth-order valence-electron chi connectivity index (χ4n) is 2.23. The summed E-state index contributed by atoms with van der Waals surface area (Å²) in [7, 11) is 0. The first-order chi connectivity index (χ1) is 13.8. The van der Waals surface area contributed by atoms with E-state index in [0.717, 1.165) is 6.42 Å². The average Bonchev–Trinajstić information content (AvgIpc) is 2.69. The Morgan fingerprint density at radius 3 is 2.38 bits per heavy atom. The number of benzene rings is 1. The topological polar surface area (TPSA) is 114 Å². The van der Waals surface area contributed by atoms with E-state index in [2.05, 4.69) is 16.0 Å². The van der Waals surface area contributed by atoms with Gasteiger partial charge in [-0.2, -0.15) is 11.8 Å². The lowest BCUT2D eigenvalue weighted by molar-refractivity contribution is -0.150. The van der Waals surface area contributed by atoms with E-state index in [-0.39, 0.29) is 0 Å². The molecule has 0 saturated heterocycles. The Morgan fingerprint density at radius 1 is 1.07 bits per heavy atom. The van der Waals surface area contributed by atoms with Crippen LogP contribution in [0.1, 0.15) is 37.0 Å². The van der Waals surface area contributed by atoms with Gasteiger partial charge in [0.1, 0.15) is 6.04 Å². The largest absolute Gasteiger partial charge is 0.454 e. The van der Waals surface area contributed by atoms with Gasteiger partial charge in [-0.15, -0.1) is 0 Å². The first-order valence-electron chi connectivity index (χ1n) is 9.42. The number of hydrogen-bond acceptors (Lipinski definition) is 6. The number of nitrogens with one attached hydrogen (secondary N) is 3. The molecule has 0 spiro atoms. The van der Waals surface area contributed by atoms with Crippen molar-refractivity contribution in [3.05, 3.63) is 35.9 Å². The summed E-state index contributed by atoms with van der Waals surface area (Å²) < 4.78 is 4.99. The summed E-state index contributed by atoms with van der Waals surface area (Å²) in [5, 5.41) is 7.29. The van der Waals surface area contributed by atoms with Gasteiger partial charge in [-0.1, -0.05) is 32.0 Å². The van der Waals surface area contributed by atoms with Gasteiger partial charge in [-0.25, -0.2) is 9.59 Å². The van der Waals surface area contributed by atoms with Crippen LogP contribution < -0.4 is 16.0 Å². The van der Waals surface area contributed by atoms with Crippen LogP contribution in [0.3, 0.4) is 0 Å². The molecule has 0 aliphatic rings. The maximum Gasteiger partial charge on any atom is 0.329 e. The minimum atomic E-state index is -0.886. The van der Waals surface area contributed by atoms with Crippen molar-refractivity contribution in [3.8, 4) is 0 Å². The van der Waals surface area contributed by atoms with Crippen molar-refractivity contribution in [2.45, 2.75) is 32.7 Å². The minimum Gasteiger partial charge on any atom is -0.454 e. The second kappa shape index (κ2) is 13.6. The molecule has 0 fully saturated rings. The van der Waals surface area contributed by atoms with E-state index in [9.17, 15) is 19.2 Å². The second-order valence-electron chi connectivity index (χ2n) is 6.77. The van der Waals surface area contributed by atoms with E-state index in [1.165, 1.54) is 11.8 Å². The molecule has 0 aliphatic heterocycles. The molecule has 8 nitrogen and oxygen atoms in total. The second-order valence-corrected chi connectivity index (χ2v) is 7.75. The third-order valence-corrected chi connectivity index (χ3v) is 4.49. The number of carbonyl (C=O) groups is 4. The highest BCUT2D eigenvalue weighted by Crippen LogP contribution is 2.06. The van der Waals surface area contributed by atoms with Crippen molar-refractivity contribution in [2.75, 3.05) is 25.2 Å². The van der Waals surface area contributed by atoms with Crippen LogP contribution in [0.2, 0.25) is 0 Å². The Labute approximate surface area is 175 Å². The summed E-state index contributed by atoms with van der Waals surface area (Å²) in [6.07, 6.45) is 3.03. The number of carbonyl (C=O) groups excluding carboxylic acids is 4. The molecule has 0 heterocycles. The van der Waals surface area contributed by atoms with E-state index in [0.29, 0.717) is 30.2 Å². The zero-order chi connectivity index (χ0) is 21.6. The number of ether oxygens (including phenoxy) is 1. The molecule has 1 atom stereocenters. The average molecular weight is 424 g/mol. The van der Waals surface area contributed by atoms with Crippen molar-refractivity contribution in [1.82, 2.24) is 16.0 Å². The van der Waals surface area contributed by atoms with Crippen molar-refractivity contribution >= 4 is 35.6 Å². The molecule has 0 aromatic heterocycles. The van der Waals surface area contributed by atoms with Gasteiger partial charge in [0.2, 0.25) is 0 Å². The van der Waals surface area contributed by atoms with Gasteiger partial charge in [0.25, 0.3) is 11.8 Å². The molecule has 4 amide bonds. The van der Waals surface area contributed by atoms with Gasteiger partial charge in [0, 0.05) is 12.1 Å². The fourth-order valence-corrected chi connectivity index (χ4v) is 2.71. The van der Waals surface area contributed by atoms with Crippen molar-refractivity contribution in [3.63, 3.8) is 0 Å². The van der Waals surface area contributed by atoms with Crippen molar-refractivity contribution < 1.29 is 23.9 Å². The van der Waals surface area contributed by atoms with Gasteiger partial charge < -0.3 is 15.4 Å². The lowest BCUT2D eigenvalue weighted by Crippen LogP contribution is -2.45. The number of esters is 1. The first-order valence-corrected chi connectivity index (χ1v) is 10.8. The smallest absolute Gasteiger partial charge is 0.329 e. The number of amides is 4. The minimum absolute atomic E-state index is 0.357. The summed E-state index contributed by atoms with van der Waals surface area (Å²) in [5.74, 6) is -0.810. The first kappa shape index (κ1) is 24.5. The number of rotatable bonds is 11. The Morgan fingerprint density at radius 2 is 1.76 bits per heavy atom. The summed E-state index contributed by atoms with van der Waals surface area (Å²) in [5.41, 5.74) is 0.422. The molecule has 0 aliphatic carbocycles. The summed E-state index contributed by atoms with van der Waals surface area (Å²) >= 11 is 1.52. The Balaban J connectivity index is 2.49. The molecular weight excluding hydrogens is 394 g/mol. The normalized spacial score (nSPS) is 11.4. The quantitative estimate of drug-likeness (QED) is 0.469. The monoisotopic (exact) mass is 423 g/mol. The maximum absolute atomic E-state index is 12.3. The molecule has 0 saturated carbocycles. The zero-order valence-electron chi connectivity index (χ0n) is 17.0. The molecule has 1 unspecified atom stereocenters. The molecule has 3 N–H and O–H groups in total. The highest BCUT2D eigenvalue weighted by molar-refractivity contribution is 7.98. The summed E-state index contributed by atoms with van der Waals surface area (Å²) in [6.45, 7) is 3.88. The van der Waals surface area contributed by atoms with Crippen LogP contribution >= 0.6 is 11.8 Å². The van der Waals surface area contributed by atoms with Crippen LogP contribution in [-0.4, -0.2) is 55.0 Å². The summed E-state index contributed by atoms with van der Waals surface area (Å²) in [4.78, 5) is 48.0. The number of imide groups is 1. The van der Waals surface area contributed by atoms with Crippen LogP contribution in [0.5, 0.6) is 0 Å². The van der Waals surface area contributed by atoms with Crippen molar-refractivity contribution in [1.29, 1.82) is 0 Å². The molecule has 1 rings (SSSR count). The van der Waals surface area contributed by atoms with E-state index in [1.807, 2.05) is 20.1 Å². The van der Waals surface area contributed by atoms with Crippen LogP contribution in [0.15, 0.2) is 30.3 Å². The van der Waals surface area contributed by atoms with Gasteiger partial charge in [-0.3, -0.25) is 14.9 Å². The molecular formula is C20H29N3O5S. The highest BCUT2D eigenvalue weighted by atomic mass is 32.2. The Kier molecular flexibility index (Phi) is 11.5. The number of thioether (sulfide) groups is 1. The Bertz CT molecular complexity index is 682. The van der Waals surface area contributed by atoms with Gasteiger partial charge in [0.15, 0.2) is 6.61 Å². The van der Waals surface area contributed by atoms with Crippen LogP contribution in [-0.2, 0) is 14.3 Å².